The number of halogens is 1. The number of amides is 3. The first-order valence-electron chi connectivity index (χ1n) is 8.37. The third-order valence-corrected chi connectivity index (χ3v) is 5.25. The summed E-state index contributed by atoms with van der Waals surface area (Å²) in [5.74, 6) is 0.231. The molecule has 1 aromatic rings. The number of rotatable bonds is 7. The summed E-state index contributed by atoms with van der Waals surface area (Å²) in [6.07, 6.45) is 2.15. The maximum absolute atomic E-state index is 12.0. The number of primary amides is 1. The standard InChI is InChI=1S/C16H27N5O2S.ClH/c1-4-5-12-7-21(8-13-10(2)24-11(3)19-13)9-14(12)20-15(22)6-18-16(17)23;/h12,14H,4-9H2,1-3H3,(H,20,22)(H3,17,18,23);1H/t12-,14-;/m0./s1. The lowest BCUT2D eigenvalue weighted by molar-refractivity contribution is -0.120. The molecule has 0 aliphatic carbocycles. The van der Waals surface area contributed by atoms with E-state index >= 15 is 0 Å². The number of likely N-dealkylation sites (tertiary alicyclic amines) is 1. The van der Waals surface area contributed by atoms with E-state index in [1.807, 2.05) is 6.92 Å². The van der Waals surface area contributed by atoms with Gasteiger partial charge in [-0.05, 0) is 26.2 Å². The largest absolute Gasteiger partial charge is 0.352 e. The number of hydrogen-bond acceptors (Lipinski definition) is 5. The smallest absolute Gasteiger partial charge is 0.312 e. The molecule has 1 aromatic heterocycles. The molecule has 2 heterocycles. The number of nitrogens with zero attached hydrogens (tertiary/aromatic N) is 2. The zero-order chi connectivity index (χ0) is 17.7. The highest BCUT2D eigenvalue weighted by molar-refractivity contribution is 7.11. The van der Waals surface area contributed by atoms with Gasteiger partial charge in [0.05, 0.1) is 17.2 Å². The van der Waals surface area contributed by atoms with Crippen molar-refractivity contribution in [3.8, 4) is 0 Å². The van der Waals surface area contributed by atoms with Crippen molar-refractivity contribution >= 4 is 35.7 Å². The normalized spacial score (nSPS) is 20.1. The molecule has 9 heteroatoms. The number of nitrogens with one attached hydrogen (secondary N) is 2. The first-order chi connectivity index (χ1) is 11.4. The second-order valence-electron chi connectivity index (χ2n) is 6.37. The Balaban J connectivity index is 0.00000312. The van der Waals surface area contributed by atoms with Crippen LogP contribution in [-0.4, -0.2) is 47.5 Å². The Hall–Kier alpha value is -1.38. The van der Waals surface area contributed by atoms with Crippen molar-refractivity contribution in [1.29, 1.82) is 0 Å². The molecule has 1 aliphatic rings. The summed E-state index contributed by atoms with van der Waals surface area (Å²) < 4.78 is 0. The van der Waals surface area contributed by atoms with Crippen molar-refractivity contribution in [1.82, 2.24) is 20.5 Å². The molecule has 7 nitrogen and oxygen atoms in total. The summed E-state index contributed by atoms with van der Waals surface area (Å²) in [4.78, 5) is 30.9. The molecule has 1 aliphatic heterocycles. The minimum atomic E-state index is -0.683. The molecule has 0 radical (unpaired) electrons. The van der Waals surface area contributed by atoms with Crippen LogP contribution in [0.3, 0.4) is 0 Å². The third-order valence-electron chi connectivity index (χ3n) is 4.32. The average Bonchev–Trinajstić information content (AvgIpc) is 3.01. The van der Waals surface area contributed by atoms with Crippen molar-refractivity contribution in [3.63, 3.8) is 0 Å². The van der Waals surface area contributed by atoms with E-state index in [4.69, 9.17) is 5.73 Å². The molecule has 0 spiro atoms. The molecule has 1 saturated heterocycles. The SMILES string of the molecule is CCC[C@H]1CN(Cc2nc(C)sc2C)C[C@@H]1NC(=O)CNC(N)=O.Cl. The Labute approximate surface area is 159 Å². The molecule has 4 N–H and O–H groups in total. The third kappa shape index (κ3) is 6.45. The Morgan fingerprint density at radius 2 is 2.08 bits per heavy atom. The molecule has 0 unspecified atom stereocenters. The van der Waals surface area contributed by atoms with E-state index in [1.165, 1.54) is 4.88 Å². The highest BCUT2D eigenvalue weighted by Gasteiger charge is 2.33. The van der Waals surface area contributed by atoms with Crippen LogP contribution in [0.1, 0.15) is 35.3 Å². The van der Waals surface area contributed by atoms with E-state index in [-0.39, 0.29) is 30.9 Å². The number of aryl methyl sites for hydroxylation is 2. The monoisotopic (exact) mass is 389 g/mol. The summed E-state index contributed by atoms with van der Waals surface area (Å²) in [6.45, 7) is 8.80. The number of nitrogens with two attached hydrogens (primary N) is 1. The van der Waals surface area contributed by atoms with E-state index in [2.05, 4.69) is 34.4 Å². The minimum Gasteiger partial charge on any atom is -0.352 e. The lowest BCUT2D eigenvalue weighted by Gasteiger charge is -2.19. The first kappa shape index (κ1) is 21.7. The van der Waals surface area contributed by atoms with Crippen LogP contribution in [0.4, 0.5) is 4.79 Å². The number of thiazole rings is 1. The van der Waals surface area contributed by atoms with E-state index in [1.54, 1.807) is 11.3 Å². The Morgan fingerprint density at radius 3 is 2.64 bits per heavy atom. The van der Waals surface area contributed by atoms with E-state index < -0.39 is 6.03 Å². The predicted molar refractivity (Wildman–Crippen MR) is 102 cm³/mol. The van der Waals surface area contributed by atoms with Crippen LogP contribution in [0.5, 0.6) is 0 Å². The fourth-order valence-electron chi connectivity index (χ4n) is 3.27. The lowest BCUT2D eigenvalue weighted by Crippen LogP contribution is -2.46. The zero-order valence-electron chi connectivity index (χ0n) is 15.0. The van der Waals surface area contributed by atoms with Gasteiger partial charge in [-0.3, -0.25) is 9.69 Å². The molecule has 3 amide bonds. The van der Waals surface area contributed by atoms with Gasteiger partial charge in [-0.25, -0.2) is 9.78 Å². The summed E-state index contributed by atoms with van der Waals surface area (Å²) in [5.41, 5.74) is 6.14. The van der Waals surface area contributed by atoms with Crippen molar-refractivity contribution in [3.05, 3.63) is 15.6 Å². The van der Waals surface area contributed by atoms with Gasteiger partial charge in [0.2, 0.25) is 5.91 Å². The van der Waals surface area contributed by atoms with Gasteiger partial charge < -0.3 is 16.4 Å². The number of carbonyl (C=O) groups excluding carboxylic acids is 2. The maximum Gasteiger partial charge on any atom is 0.312 e. The van der Waals surface area contributed by atoms with E-state index in [0.717, 1.165) is 43.2 Å². The van der Waals surface area contributed by atoms with Crippen LogP contribution < -0.4 is 16.4 Å². The van der Waals surface area contributed by atoms with Crippen molar-refractivity contribution in [2.45, 2.75) is 46.2 Å². The predicted octanol–water partition coefficient (Wildman–Crippen LogP) is 1.57. The summed E-state index contributed by atoms with van der Waals surface area (Å²) in [6, 6.07) is -0.579. The number of carbonyl (C=O) groups is 2. The Bertz CT molecular complexity index is 595. The van der Waals surface area contributed by atoms with E-state index in [0.29, 0.717) is 5.92 Å². The van der Waals surface area contributed by atoms with Gasteiger partial charge in [0.25, 0.3) is 0 Å². The first-order valence-corrected chi connectivity index (χ1v) is 9.18. The molecular formula is C16H28ClN5O2S. The molecule has 2 atom stereocenters. The van der Waals surface area contributed by atoms with Gasteiger partial charge in [0.15, 0.2) is 0 Å². The molecule has 142 valence electrons. The van der Waals surface area contributed by atoms with Crippen molar-refractivity contribution in [2.75, 3.05) is 19.6 Å². The highest BCUT2D eigenvalue weighted by atomic mass is 35.5. The average molecular weight is 390 g/mol. The van der Waals surface area contributed by atoms with Crippen LogP contribution in [0, 0.1) is 19.8 Å². The van der Waals surface area contributed by atoms with Gasteiger partial charge in [0.1, 0.15) is 0 Å². The van der Waals surface area contributed by atoms with Crippen LogP contribution in [0.25, 0.3) is 0 Å². The van der Waals surface area contributed by atoms with Crippen molar-refractivity contribution < 1.29 is 9.59 Å². The van der Waals surface area contributed by atoms with Crippen LogP contribution in [0.15, 0.2) is 0 Å². The van der Waals surface area contributed by atoms with Gasteiger partial charge in [-0.2, -0.15) is 0 Å². The van der Waals surface area contributed by atoms with Gasteiger partial charge >= 0.3 is 6.03 Å². The number of hydrogen-bond donors (Lipinski definition) is 3. The van der Waals surface area contributed by atoms with Crippen LogP contribution >= 0.6 is 23.7 Å². The second kappa shape index (κ2) is 9.94. The molecule has 0 saturated carbocycles. The second-order valence-corrected chi connectivity index (χ2v) is 7.78. The van der Waals surface area contributed by atoms with Crippen molar-refractivity contribution in [2.24, 2.45) is 11.7 Å². The number of urea groups is 1. The van der Waals surface area contributed by atoms with Gasteiger partial charge in [0, 0.05) is 30.6 Å². The van der Waals surface area contributed by atoms with E-state index in [9.17, 15) is 9.59 Å². The highest BCUT2D eigenvalue weighted by Crippen LogP contribution is 2.25. The Morgan fingerprint density at radius 1 is 1.36 bits per heavy atom. The summed E-state index contributed by atoms with van der Waals surface area (Å²) in [7, 11) is 0. The fourth-order valence-corrected chi connectivity index (χ4v) is 4.10. The fraction of sp³-hybridized carbons (Fsp3) is 0.688. The van der Waals surface area contributed by atoms with Gasteiger partial charge in [-0.1, -0.05) is 13.3 Å². The molecule has 0 bridgehead atoms. The summed E-state index contributed by atoms with van der Waals surface area (Å²) >= 11 is 1.72. The Kier molecular flexibility index (Phi) is 8.61. The van der Waals surface area contributed by atoms with Crippen LogP contribution in [-0.2, 0) is 11.3 Å². The topological polar surface area (TPSA) is 100 Å². The quantitative estimate of drug-likeness (QED) is 0.658. The van der Waals surface area contributed by atoms with Crippen LogP contribution in [0.2, 0.25) is 0 Å². The molecule has 0 aromatic carbocycles. The number of aromatic nitrogens is 1. The molecular weight excluding hydrogens is 362 g/mol. The minimum absolute atomic E-state index is 0. The van der Waals surface area contributed by atoms with Gasteiger partial charge in [-0.15, -0.1) is 23.7 Å². The molecule has 25 heavy (non-hydrogen) atoms. The summed E-state index contributed by atoms with van der Waals surface area (Å²) in [5, 5.41) is 6.46. The zero-order valence-corrected chi connectivity index (χ0v) is 16.6. The molecule has 1 fully saturated rings. The molecule has 2 rings (SSSR count). The maximum atomic E-state index is 12.0. The lowest BCUT2D eigenvalue weighted by atomic mass is 9.98.